The number of rotatable bonds is 3. The van der Waals surface area contributed by atoms with Crippen LogP contribution < -0.4 is 0 Å². The van der Waals surface area contributed by atoms with E-state index in [0.717, 1.165) is 38.7 Å². The second-order valence-electron chi connectivity index (χ2n) is 14.8. The van der Waals surface area contributed by atoms with Crippen molar-refractivity contribution in [2.75, 3.05) is 0 Å². The minimum absolute atomic E-state index is 0.903. The van der Waals surface area contributed by atoms with Crippen molar-refractivity contribution in [2.45, 2.75) is 0 Å². The molecule has 0 atom stereocenters. The fraction of sp³-hybridized carbons (Fsp3) is 0. The van der Waals surface area contributed by atoms with Crippen molar-refractivity contribution >= 4 is 76.3 Å². The van der Waals surface area contributed by atoms with Crippen LogP contribution in [0.25, 0.3) is 121 Å². The molecule has 1 aliphatic carbocycles. The van der Waals surface area contributed by atoms with E-state index in [1.165, 1.54) is 82.4 Å². The number of fused-ring (bicyclic) bond motifs is 12. The monoisotopic (exact) mass is 698 g/mol. The molecule has 55 heavy (non-hydrogen) atoms. The van der Waals surface area contributed by atoms with Crippen LogP contribution in [0, 0.1) is 0 Å². The molecule has 9 aromatic carbocycles. The van der Waals surface area contributed by atoms with Crippen molar-refractivity contribution in [1.82, 2.24) is 9.13 Å². The Morgan fingerprint density at radius 3 is 1.71 bits per heavy atom. The molecule has 0 saturated carbocycles. The first-order valence-corrected chi connectivity index (χ1v) is 18.9. The normalized spacial score (nSPS) is 12.4. The topological polar surface area (TPSA) is 23.0 Å². The number of aromatic nitrogens is 2. The first-order chi connectivity index (χ1) is 27.3. The Morgan fingerprint density at radius 1 is 0.309 bits per heavy atom. The van der Waals surface area contributed by atoms with Gasteiger partial charge in [0.2, 0.25) is 0 Å². The van der Waals surface area contributed by atoms with Gasteiger partial charge in [0.1, 0.15) is 5.58 Å². The summed E-state index contributed by atoms with van der Waals surface area (Å²) in [6, 6.07) is 66.5. The molecule has 0 N–H and O–H groups in total. The Balaban J connectivity index is 1.04. The van der Waals surface area contributed by atoms with Crippen molar-refractivity contribution in [3.63, 3.8) is 0 Å². The van der Waals surface area contributed by atoms with E-state index >= 15 is 0 Å². The third-order valence-electron chi connectivity index (χ3n) is 12.1. The van der Waals surface area contributed by atoms with Crippen molar-refractivity contribution in [3.05, 3.63) is 182 Å². The van der Waals surface area contributed by atoms with Crippen LogP contribution in [0.1, 0.15) is 0 Å². The van der Waals surface area contributed by atoms with Crippen LogP contribution in [0.4, 0.5) is 0 Å². The highest BCUT2D eigenvalue weighted by Crippen LogP contribution is 2.49. The molecule has 0 unspecified atom stereocenters. The van der Waals surface area contributed by atoms with E-state index in [1.54, 1.807) is 0 Å². The van der Waals surface area contributed by atoms with Gasteiger partial charge in [-0.25, -0.2) is 0 Å². The molecule has 0 fully saturated rings. The number of nitrogens with zero attached hydrogens (tertiary/aromatic N) is 2. The van der Waals surface area contributed by atoms with E-state index in [9.17, 15) is 0 Å². The maximum absolute atomic E-state index is 6.55. The molecular weight excluding hydrogens is 669 g/mol. The van der Waals surface area contributed by atoms with Crippen molar-refractivity contribution in [1.29, 1.82) is 0 Å². The Hall–Kier alpha value is -7.36. The molecule has 0 amide bonds. The zero-order valence-corrected chi connectivity index (χ0v) is 29.6. The van der Waals surface area contributed by atoms with E-state index in [2.05, 4.69) is 185 Å². The van der Waals surface area contributed by atoms with Crippen molar-refractivity contribution in [3.8, 4) is 44.8 Å². The molecule has 0 saturated heterocycles. The van der Waals surface area contributed by atoms with Gasteiger partial charge < -0.3 is 13.6 Å². The molecular formula is C52H30N2O. The molecule has 0 spiro atoms. The Morgan fingerprint density at radius 2 is 0.873 bits per heavy atom. The summed E-state index contributed by atoms with van der Waals surface area (Å²) in [7, 11) is 0. The highest BCUT2D eigenvalue weighted by molar-refractivity contribution is 6.19. The SMILES string of the molecule is c1ccc2c(c1)-c1cccc3c(-n4c5ccccc5c5ccc(-c6ccc7c(c6)c6ccccc6n7-c6cccc7c6oc6ccccc67)cc54)ccc-2c13. The number of hydrogen-bond acceptors (Lipinski definition) is 1. The van der Waals surface area contributed by atoms with Gasteiger partial charge in [0.05, 0.1) is 33.4 Å². The Labute approximate surface area is 315 Å². The van der Waals surface area contributed by atoms with Gasteiger partial charge in [-0.15, -0.1) is 0 Å². The largest absolute Gasteiger partial charge is 0.454 e. The fourth-order valence-corrected chi connectivity index (χ4v) is 9.72. The first-order valence-electron chi connectivity index (χ1n) is 18.9. The maximum atomic E-state index is 6.55. The standard InChI is InChI=1S/C52H30N2O/c1-2-12-34-33(11-1)39-16-9-18-42-46(28-26-40(34)51(39)42)54-44-19-6-3-13-35(44)37-25-23-32(30-49(37)54)31-24-27-47-43(29-31)36-14-4-7-20-45(36)53(47)48-21-10-17-41-38-15-5-8-22-50(38)55-52(41)48/h1-30H. The second-order valence-corrected chi connectivity index (χ2v) is 14.8. The summed E-state index contributed by atoms with van der Waals surface area (Å²) in [6.07, 6.45) is 0. The Bertz CT molecular complexity index is 3580. The van der Waals surface area contributed by atoms with Gasteiger partial charge in [-0.05, 0) is 87.3 Å². The third-order valence-corrected chi connectivity index (χ3v) is 12.1. The molecule has 0 aliphatic heterocycles. The van der Waals surface area contributed by atoms with Gasteiger partial charge in [0.25, 0.3) is 0 Å². The van der Waals surface area contributed by atoms with E-state index in [4.69, 9.17) is 4.42 Å². The summed E-state index contributed by atoms with van der Waals surface area (Å²) in [5, 5.41) is 9.82. The summed E-state index contributed by atoms with van der Waals surface area (Å²) in [5.41, 5.74) is 16.4. The van der Waals surface area contributed by atoms with Crippen LogP contribution >= 0.6 is 0 Å². The molecule has 3 aromatic heterocycles. The lowest BCUT2D eigenvalue weighted by Crippen LogP contribution is -1.96. The lowest BCUT2D eigenvalue weighted by Gasteiger charge is -2.14. The molecule has 1 aliphatic rings. The van der Waals surface area contributed by atoms with Gasteiger partial charge in [-0.3, -0.25) is 0 Å². The molecule has 12 aromatic rings. The summed E-state index contributed by atoms with van der Waals surface area (Å²) < 4.78 is 11.4. The minimum atomic E-state index is 0.903. The third kappa shape index (κ3) is 3.84. The predicted octanol–water partition coefficient (Wildman–Crippen LogP) is 14.2. The fourth-order valence-electron chi connectivity index (χ4n) is 9.72. The van der Waals surface area contributed by atoms with E-state index in [1.807, 2.05) is 6.07 Å². The van der Waals surface area contributed by atoms with Gasteiger partial charge in [0.15, 0.2) is 5.58 Å². The summed E-state index contributed by atoms with van der Waals surface area (Å²) in [5.74, 6) is 0. The predicted molar refractivity (Wildman–Crippen MR) is 230 cm³/mol. The van der Waals surface area contributed by atoms with Crippen molar-refractivity contribution < 1.29 is 4.42 Å². The zero-order valence-electron chi connectivity index (χ0n) is 29.6. The number of para-hydroxylation sites is 4. The summed E-state index contributed by atoms with van der Waals surface area (Å²) in [4.78, 5) is 0. The molecule has 3 nitrogen and oxygen atoms in total. The molecule has 0 bridgehead atoms. The second kappa shape index (κ2) is 10.6. The van der Waals surface area contributed by atoms with Crippen LogP contribution in [0.3, 0.4) is 0 Å². The molecule has 13 rings (SSSR count). The van der Waals surface area contributed by atoms with Gasteiger partial charge in [0, 0.05) is 37.7 Å². The summed E-state index contributed by atoms with van der Waals surface area (Å²) in [6.45, 7) is 0. The van der Waals surface area contributed by atoms with Crippen LogP contribution in [0.5, 0.6) is 0 Å². The highest BCUT2D eigenvalue weighted by Gasteiger charge is 2.24. The van der Waals surface area contributed by atoms with Crippen LogP contribution in [-0.2, 0) is 0 Å². The molecule has 3 heterocycles. The van der Waals surface area contributed by atoms with E-state index < -0.39 is 0 Å². The summed E-state index contributed by atoms with van der Waals surface area (Å²) >= 11 is 0. The van der Waals surface area contributed by atoms with E-state index in [0.29, 0.717) is 0 Å². The molecule has 254 valence electrons. The Kier molecular flexibility index (Phi) is 5.63. The van der Waals surface area contributed by atoms with Crippen LogP contribution in [0.2, 0.25) is 0 Å². The zero-order chi connectivity index (χ0) is 35.8. The molecule has 0 radical (unpaired) electrons. The lowest BCUT2D eigenvalue weighted by atomic mass is 10.0. The highest BCUT2D eigenvalue weighted by atomic mass is 16.3. The maximum Gasteiger partial charge on any atom is 0.159 e. The minimum Gasteiger partial charge on any atom is -0.454 e. The van der Waals surface area contributed by atoms with Crippen LogP contribution in [-0.4, -0.2) is 9.13 Å². The average Bonchev–Trinajstić information content (AvgIpc) is 3.98. The number of furan rings is 1. The van der Waals surface area contributed by atoms with Gasteiger partial charge in [-0.2, -0.15) is 0 Å². The smallest absolute Gasteiger partial charge is 0.159 e. The van der Waals surface area contributed by atoms with Crippen molar-refractivity contribution in [2.24, 2.45) is 0 Å². The first kappa shape index (κ1) is 29.1. The van der Waals surface area contributed by atoms with E-state index in [-0.39, 0.29) is 0 Å². The number of benzene rings is 9. The lowest BCUT2D eigenvalue weighted by molar-refractivity contribution is 0.666. The van der Waals surface area contributed by atoms with Gasteiger partial charge >= 0.3 is 0 Å². The molecule has 3 heteroatoms. The quantitative estimate of drug-likeness (QED) is 0.180. The number of hydrogen-bond donors (Lipinski definition) is 0. The van der Waals surface area contributed by atoms with Crippen LogP contribution in [0.15, 0.2) is 186 Å². The van der Waals surface area contributed by atoms with Gasteiger partial charge in [-0.1, -0.05) is 133 Å². The average molecular weight is 699 g/mol.